The number of hydrogen-bond donors (Lipinski definition) is 1. The molecule has 0 aliphatic heterocycles. The third-order valence-corrected chi connectivity index (χ3v) is 2.74. The zero-order chi connectivity index (χ0) is 13.1. The normalized spacial score (nSPS) is 12.8. The number of esters is 1. The van der Waals surface area contributed by atoms with E-state index in [2.05, 4.69) is 24.1 Å². The first-order valence-electron chi connectivity index (χ1n) is 6.81. The minimum atomic E-state index is -0.197. The molecule has 0 fully saturated rings. The van der Waals surface area contributed by atoms with E-state index in [1.807, 2.05) is 13.8 Å². The molecule has 17 heavy (non-hydrogen) atoms. The van der Waals surface area contributed by atoms with Crippen molar-refractivity contribution in [2.75, 3.05) is 32.8 Å². The van der Waals surface area contributed by atoms with Crippen LogP contribution in [0.5, 0.6) is 0 Å². The summed E-state index contributed by atoms with van der Waals surface area (Å²) in [4.78, 5) is 14.0. The second-order valence-corrected chi connectivity index (χ2v) is 4.11. The van der Waals surface area contributed by atoms with Crippen LogP contribution >= 0.6 is 0 Å². The van der Waals surface area contributed by atoms with Crippen LogP contribution in [0.3, 0.4) is 0 Å². The van der Waals surface area contributed by atoms with Gasteiger partial charge in [-0.15, -0.1) is 0 Å². The molecule has 4 nitrogen and oxygen atoms in total. The number of rotatable bonds is 10. The quantitative estimate of drug-likeness (QED) is 0.593. The average Bonchev–Trinajstić information content (AvgIpc) is 2.33. The monoisotopic (exact) mass is 244 g/mol. The SMILES string of the molecule is CCCCN(CC)CC(NCC)C(=O)OCC. The summed E-state index contributed by atoms with van der Waals surface area (Å²) in [5, 5.41) is 3.19. The maximum absolute atomic E-state index is 11.7. The molecule has 0 saturated carbocycles. The Hall–Kier alpha value is -0.610. The van der Waals surface area contributed by atoms with Crippen molar-refractivity contribution in [3.05, 3.63) is 0 Å². The molecule has 0 aliphatic rings. The van der Waals surface area contributed by atoms with Gasteiger partial charge in [-0.2, -0.15) is 0 Å². The molecule has 0 rings (SSSR count). The van der Waals surface area contributed by atoms with E-state index < -0.39 is 0 Å². The van der Waals surface area contributed by atoms with Crippen molar-refractivity contribution < 1.29 is 9.53 Å². The lowest BCUT2D eigenvalue weighted by molar-refractivity contribution is -0.146. The highest BCUT2D eigenvalue weighted by molar-refractivity contribution is 5.76. The molecule has 0 aliphatic carbocycles. The van der Waals surface area contributed by atoms with Gasteiger partial charge in [0.2, 0.25) is 0 Å². The van der Waals surface area contributed by atoms with E-state index in [1.165, 1.54) is 12.8 Å². The molecule has 0 bridgehead atoms. The first kappa shape index (κ1) is 16.4. The number of nitrogens with one attached hydrogen (secondary N) is 1. The Kier molecular flexibility index (Phi) is 10.2. The summed E-state index contributed by atoms with van der Waals surface area (Å²) in [6.07, 6.45) is 2.36. The fourth-order valence-corrected chi connectivity index (χ4v) is 1.73. The molecule has 1 N–H and O–H groups in total. The van der Waals surface area contributed by atoms with Crippen molar-refractivity contribution >= 4 is 5.97 Å². The van der Waals surface area contributed by atoms with E-state index in [0.29, 0.717) is 6.61 Å². The van der Waals surface area contributed by atoms with Gasteiger partial charge in [-0.3, -0.25) is 4.79 Å². The van der Waals surface area contributed by atoms with E-state index >= 15 is 0 Å². The lowest BCUT2D eigenvalue weighted by Crippen LogP contribution is -2.47. The standard InChI is InChI=1S/C13H28N2O2/c1-5-9-10-15(7-3)11-12(14-6-2)13(16)17-8-4/h12,14H,5-11H2,1-4H3. The van der Waals surface area contributed by atoms with Crippen LogP contribution in [0.2, 0.25) is 0 Å². The van der Waals surface area contributed by atoms with Crippen molar-refractivity contribution in [2.45, 2.75) is 46.6 Å². The summed E-state index contributed by atoms with van der Waals surface area (Å²) in [6, 6.07) is -0.197. The van der Waals surface area contributed by atoms with Crippen molar-refractivity contribution in [3.8, 4) is 0 Å². The molecule has 0 aromatic rings. The second kappa shape index (κ2) is 10.5. The molecule has 1 atom stereocenters. The van der Waals surface area contributed by atoms with E-state index in [1.54, 1.807) is 0 Å². The largest absolute Gasteiger partial charge is 0.465 e. The fourth-order valence-electron chi connectivity index (χ4n) is 1.73. The zero-order valence-corrected chi connectivity index (χ0v) is 11.8. The maximum Gasteiger partial charge on any atom is 0.324 e. The first-order chi connectivity index (χ1) is 8.19. The van der Waals surface area contributed by atoms with Crippen LogP contribution in [0.15, 0.2) is 0 Å². The molecule has 0 spiro atoms. The van der Waals surface area contributed by atoms with Crippen molar-refractivity contribution in [1.29, 1.82) is 0 Å². The van der Waals surface area contributed by atoms with Crippen LogP contribution in [-0.2, 0) is 9.53 Å². The van der Waals surface area contributed by atoms with E-state index in [4.69, 9.17) is 4.74 Å². The molecular weight excluding hydrogens is 216 g/mol. The van der Waals surface area contributed by atoms with Crippen LogP contribution in [-0.4, -0.2) is 49.7 Å². The highest BCUT2D eigenvalue weighted by Gasteiger charge is 2.20. The third kappa shape index (κ3) is 7.34. The van der Waals surface area contributed by atoms with Gasteiger partial charge in [-0.25, -0.2) is 0 Å². The van der Waals surface area contributed by atoms with E-state index in [9.17, 15) is 4.79 Å². The number of hydrogen-bond acceptors (Lipinski definition) is 4. The van der Waals surface area contributed by atoms with Gasteiger partial charge in [0.1, 0.15) is 6.04 Å². The Morgan fingerprint density at radius 1 is 1.29 bits per heavy atom. The number of ether oxygens (including phenoxy) is 1. The highest BCUT2D eigenvalue weighted by atomic mass is 16.5. The predicted molar refractivity (Wildman–Crippen MR) is 71.1 cm³/mol. The molecule has 0 aromatic heterocycles. The van der Waals surface area contributed by atoms with E-state index in [-0.39, 0.29) is 12.0 Å². The first-order valence-corrected chi connectivity index (χ1v) is 6.81. The Balaban J connectivity index is 4.23. The number of carbonyl (C=O) groups excluding carboxylic acids is 1. The maximum atomic E-state index is 11.7. The van der Waals surface area contributed by atoms with Crippen molar-refractivity contribution in [1.82, 2.24) is 10.2 Å². The molecule has 4 heteroatoms. The van der Waals surface area contributed by atoms with Crippen LogP contribution in [0.1, 0.15) is 40.5 Å². The number of carbonyl (C=O) groups is 1. The van der Waals surface area contributed by atoms with Gasteiger partial charge in [0, 0.05) is 6.54 Å². The molecule has 0 radical (unpaired) electrons. The van der Waals surface area contributed by atoms with Gasteiger partial charge in [-0.1, -0.05) is 27.2 Å². The predicted octanol–water partition coefficient (Wildman–Crippen LogP) is 1.65. The minimum absolute atomic E-state index is 0.135. The Bertz CT molecular complexity index is 198. The summed E-state index contributed by atoms with van der Waals surface area (Å²) in [5.74, 6) is -0.135. The van der Waals surface area contributed by atoms with Crippen molar-refractivity contribution in [3.63, 3.8) is 0 Å². The number of nitrogens with zero attached hydrogens (tertiary/aromatic N) is 1. The number of likely N-dealkylation sites (N-methyl/N-ethyl adjacent to an activating group) is 2. The summed E-state index contributed by atoms with van der Waals surface area (Å²) in [5.41, 5.74) is 0. The third-order valence-electron chi connectivity index (χ3n) is 2.74. The van der Waals surface area contributed by atoms with Gasteiger partial charge in [-0.05, 0) is 33.0 Å². The number of unbranched alkanes of at least 4 members (excludes halogenated alkanes) is 1. The lowest BCUT2D eigenvalue weighted by atomic mass is 10.2. The molecule has 0 aromatic carbocycles. The summed E-state index contributed by atoms with van der Waals surface area (Å²) in [7, 11) is 0. The van der Waals surface area contributed by atoms with E-state index in [0.717, 1.165) is 26.2 Å². The Morgan fingerprint density at radius 3 is 2.47 bits per heavy atom. The van der Waals surface area contributed by atoms with Crippen LogP contribution in [0, 0.1) is 0 Å². The van der Waals surface area contributed by atoms with Gasteiger partial charge >= 0.3 is 5.97 Å². The fraction of sp³-hybridized carbons (Fsp3) is 0.923. The Morgan fingerprint density at radius 2 is 2.00 bits per heavy atom. The van der Waals surface area contributed by atoms with Crippen molar-refractivity contribution in [2.24, 2.45) is 0 Å². The molecule has 0 saturated heterocycles. The zero-order valence-electron chi connectivity index (χ0n) is 11.8. The summed E-state index contributed by atoms with van der Waals surface area (Å²) < 4.78 is 5.08. The average molecular weight is 244 g/mol. The minimum Gasteiger partial charge on any atom is -0.465 e. The summed E-state index contributed by atoms with van der Waals surface area (Å²) in [6.45, 7) is 12.2. The van der Waals surface area contributed by atoms with Gasteiger partial charge in [0.25, 0.3) is 0 Å². The molecule has 1 unspecified atom stereocenters. The van der Waals surface area contributed by atoms with Gasteiger partial charge in [0.15, 0.2) is 0 Å². The van der Waals surface area contributed by atoms with Crippen LogP contribution in [0.25, 0.3) is 0 Å². The molecule has 0 amide bonds. The van der Waals surface area contributed by atoms with Gasteiger partial charge in [0.05, 0.1) is 6.61 Å². The van der Waals surface area contributed by atoms with Crippen LogP contribution < -0.4 is 5.32 Å². The smallest absolute Gasteiger partial charge is 0.324 e. The van der Waals surface area contributed by atoms with Gasteiger partial charge < -0.3 is 15.0 Å². The molecule has 0 heterocycles. The molecule has 102 valence electrons. The second-order valence-electron chi connectivity index (χ2n) is 4.11. The lowest BCUT2D eigenvalue weighted by Gasteiger charge is -2.25. The summed E-state index contributed by atoms with van der Waals surface area (Å²) >= 11 is 0. The Labute approximate surface area is 106 Å². The molecular formula is C13H28N2O2. The van der Waals surface area contributed by atoms with Crippen LogP contribution in [0.4, 0.5) is 0 Å². The topological polar surface area (TPSA) is 41.6 Å². The highest BCUT2D eigenvalue weighted by Crippen LogP contribution is 1.99.